The summed E-state index contributed by atoms with van der Waals surface area (Å²) < 4.78 is 72.6. The predicted octanol–water partition coefficient (Wildman–Crippen LogP) is 4.03. The third-order valence-electron chi connectivity index (χ3n) is 7.70. The van der Waals surface area contributed by atoms with E-state index >= 15 is 0 Å². The summed E-state index contributed by atoms with van der Waals surface area (Å²) in [6.45, 7) is 0.638. The molecule has 0 aliphatic heterocycles. The van der Waals surface area contributed by atoms with Gasteiger partial charge in [-0.2, -0.15) is 22.0 Å². The number of hydrogen-bond donors (Lipinski definition) is 5. The van der Waals surface area contributed by atoms with Crippen LogP contribution in [0.2, 0.25) is 5.02 Å². The maximum Gasteiger partial charge on any atom is 0.405 e. The second-order valence-corrected chi connectivity index (χ2v) is 12.4. The number of carbonyl (C=O) groups is 5. The molecule has 0 spiro atoms. The number of amides is 4. The van der Waals surface area contributed by atoms with E-state index in [0.717, 1.165) is 10.9 Å². The fourth-order valence-corrected chi connectivity index (χ4v) is 5.03. The van der Waals surface area contributed by atoms with E-state index in [1.54, 1.807) is 30.3 Å². The van der Waals surface area contributed by atoms with Crippen molar-refractivity contribution >= 4 is 41.0 Å². The molecule has 0 saturated heterocycles. The lowest BCUT2D eigenvalue weighted by Crippen LogP contribution is -2.58. The van der Waals surface area contributed by atoms with E-state index in [1.807, 2.05) is 0 Å². The van der Waals surface area contributed by atoms with Gasteiger partial charge in [-0.15, -0.1) is 0 Å². The molecule has 11 nitrogen and oxygen atoms in total. The van der Waals surface area contributed by atoms with Crippen LogP contribution in [0.1, 0.15) is 46.9 Å². The van der Waals surface area contributed by atoms with E-state index in [2.05, 4.69) is 16.0 Å². The normalized spacial score (nSPS) is 13.4. The van der Waals surface area contributed by atoms with Crippen LogP contribution in [0.25, 0.3) is 0 Å². The molecule has 1 unspecified atom stereocenters. The molecule has 0 aromatic heterocycles. The first-order chi connectivity index (χ1) is 24.4. The topological polar surface area (TPSA) is 169 Å². The monoisotopic (exact) mass is 753 g/mol. The van der Waals surface area contributed by atoms with Crippen molar-refractivity contribution in [3.05, 3.63) is 100 Å². The van der Waals surface area contributed by atoms with Crippen LogP contribution >= 0.6 is 11.6 Å². The molecule has 0 bridgehead atoms. The van der Waals surface area contributed by atoms with Gasteiger partial charge in [0.05, 0.1) is 13.2 Å². The Morgan fingerprint density at radius 2 is 1.44 bits per heavy atom. The average Bonchev–Trinajstić information content (AvgIpc) is 3.10. The van der Waals surface area contributed by atoms with Gasteiger partial charge in [-0.25, -0.2) is 0 Å². The predicted molar refractivity (Wildman–Crippen MR) is 180 cm³/mol. The number of carbonyl (C=O) groups excluding carboxylic acids is 5. The minimum absolute atomic E-state index is 0.0866. The zero-order chi connectivity index (χ0) is 38.8. The van der Waals surface area contributed by atoms with Crippen LogP contribution in [0, 0.1) is 5.92 Å². The van der Waals surface area contributed by atoms with E-state index in [1.165, 1.54) is 63.4 Å². The molecule has 280 valence electrons. The van der Waals surface area contributed by atoms with Gasteiger partial charge in [-0.3, -0.25) is 24.0 Å². The largest absolute Gasteiger partial charge is 0.497 e. The Bertz CT molecular complexity index is 1740. The molecule has 0 heterocycles. The number of hydrogen-bond acceptors (Lipinski definition) is 7. The van der Waals surface area contributed by atoms with Crippen molar-refractivity contribution < 1.29 is 50.7 Å². The highest BCUT2D eigenvalue weighted by atomic mass is 35.5. The Balaban J connectivity index is 1.97. The summed E-state index contributed by atoms with van der Waals surface area (Å²) in [4.78, 5) is 65.9. The lowest BCUT2D eigenvalue weighted by atomic mass is 9.94. The molecular formula is C35H37ClF5N5O6. The van der Waals surface area contributed by atoms with Gasteiger partial charge in [0.15, 0.2) is 0 Å². The average molecular weight is 754 g/mol. The molecule has 6 N–H and O–H groups in total. The SMILES string of the molecule is COc1ccc(C(NC(=O)[C@H](Cc2ccc(CN)cc2)NC(=O)c2cccc(Cl)c2)C(=O)N[C@H](C(=O)C(F)(F)C(=O)NCC(F)(F)F)C(C)C)cc1. The lowest BCUT2D eigenvalue weighted by Gasteiger charge is -2.28. The molecule has 0 saturated carbocycles. The molecule has 0 aliphatic rings. The summed E-state index contributed by atoms with van der Waals surface area (Å²) >= 11 is 6.04. The Kier molecular flexibility index (Phi) is 14.2. The number of alkyl halides is 5. The smallest absolute Gasteiger partial charge is 0.405 e. The van der Waals surface area contributed by atoms with E-state index in [4.69, 9.17) is 22.1 Å². The Labute approximate surface area is 300 Å². The summed E-state index contributed by atoms with van der Waals surface area (Å²) in [6.07, 6.45) is -5.13. The van der Waals surface area contributed by atoms with Crippen LogP contribution in [-0.4, -0.2) is 67.2 Å². The number of nitrogens with one attached hydrogen (secondary N) is 4. The minimum Gasteiger partial charge on any atom is -0.497 e. The summed E-state index contributed by atoms with van der Waals surface area (Å²) in [5.41, 5.74) is 7.27. The van der Waals surface area contributed by atoms with Crippen molar-refractivity contribution in [3.8, 4) is 5.75 Å². The molecule has 0 fully saturated rings. The quantitative estimate of drug-likeness (QED) is 0.109. The first-order valence-electron chi connectivity index (χ1n) is 15.7. The molecule has 52 heavy (non-hydrogen) atoms. The number of ketones is 1. The number of benzene rings is 3. The summed E-state index contributed by atoms with van der Waals surface area (Å²) in [6, 6.07) is 13.2. The molecule has 3 atom stereocenters. The molecule has 0 aliphatic carbocycles. The maximum absolute atomic E-state index is 14.9. The number of Topliss-reactive ketones (excluding diaryl/α,β-unsaturated/α-hetero) is 1. The van der Waals surface area contributed by atoms with Gasteiger partial charge in [0, 0.05) is 23.6 Å². The fraction of sp³-hybridized carbons (Fsp3) is 0.343. The van der Waals surface area contributed by atoms with Crippen LogP contribution < -0.4 is 31.7 Å². The highest BCUT2D eigenvalue weighted by molar-refractivity contribution is 6.31. The zero-order valence-corrected chi connectivity index (χ0v) is 28.9. The van der Waals surface area contributed by atoms with E-state index in [0.29, 0.717) is 11.3 Å². The van der Waals surface area contributed by atoms with Crippen molar-refractivity contribution in [1.82, 2.24) is 21.3 Å². The molecule has 3 aromatic carbocycles. The van der Waals surface area contributed by atoms with Crippen LogP contribution in [0.15, 0.2) is 72.8 Å². The van der Waals surface area contributed by atoms with Gasteiger partial charge in [0.2, 0.25) is 17.6 Å². The Morgan fingerprint density at radius 1 is 0.827 bits per heavy atom. The van der Waals surface area contributed by atoms with Crippen molar-refractivity contribution in [1.29, 1.82) is 0 Å². The Hall–Kier alpha value is -5.09. The maximum atomic E-state index is 14.9. The fourth-order valence-electron chi connectivity index (χ4n) is 4.84. The number of ether oxygens (including phenoxy) is 1. The molecule has 3 rings (SSSR count). The third-order valence-corrected chi connectivity index (χ3v) is 7.93. The van der Waals surface area contributed by atoms with Gasteiger partial charge in [-0.05, 0) is 52.9 Å². The van der Waals surface area contributed by atoms with Crippen molar-refractivity contribution in [2.24, 2.45) is 11.7 Å². The molecule has 0 radical (unpaired) electrons. The van der Waals surface area contributed by atoms with Gasteiger partial charge in [0.25, 0.3) is 11.8 Å². The van der Waals surface area contributed by atoms with E-state index < -0.39 is 72.1 Å². The first kappa shape index (κ1) is 41.3. The Morgan fingerprint density at radius 3 is 1.98 bits per heavy atom. The minimum atomic E-state index is -5.04. The van der Waals surface area contributed by atoms with Crippen molar-refractivity contribution in [2.45, 2.75) is 57.0 Å². The summed E-state index contributed by atoms with van der Waals surface area (Å²) in [5.74, 6) is -13.2. The summed E-state index contributed by atoms with van der Waals surface area (Å²) in [7, 11) is 1.37. The second kappa shape index (κ2) is 17.9. The molecular weight excluding hydrogens is 717 g/mol. The highest BCUT2D eigenvalue weighted by Gasteiger charge is 2.52. The van der Waals surface area contributed by atoms with Crippen LogP contribution in [0.3, 0.4) is 0 Å². The molecule has 4 amide bonds. The van der Waals surface area contributed by atoms with Crippen LogP contribution in [0.4, 0.5) is 22.0 Å². The van der Waals surface area contributed by atoms with Gasteiger partial charge < -0.3 is 31.7 Å². The number of halogens is 6. The number of rotatable bonds is 16. The van der Waals surface area contributed by atoms with Gasteiger partial charge >= 0.3 is 12.1 Å². The second-order valence-electron chi connectivity index (χ2n) is 11.9. The highest BCUT2D eigenvalue weighted by Crippen LogP contribution is 2.24. The third kappa shape index (κ3) is 11.5. The number of nitrogens with two attached hydrogens (primary N) is 1. The zero-order valence-electron chi connectivity index (χ0n) is 28.2. The standard InChI is InChI=1S/C35H37ClF5N5O6/c1-19(2)27(29(47)35(40,41)33(51)43-18-34(37,38)39)45-32(50)28(22-11-13-25(52-3)14-12-22)46-31(49)26(15-20-7-9-21(17-42)10-8-20)44-30(48)23-5-4-6-24(36)16-23/h4-14,16,19,26-28H,15,17-18,42H2,1-3H3,(H,43,51)(H,44,48)(H,45,50)(H,46,49)/t26-,27-,28?/m0/s1. The van der Waals surface area contributed by atoms with E-state index in [9.17, 15) is 45.9 Å². The number of methoxy groups -OCH3 is 1. The first-order valence-corrected chi connectivity index (χ1v) is 16.1. The van der Waals surface area contributed by atoms with Crippen LogP contribution in [0.5, 0.6) is 5.75 Å². The van der Waals surface area contributed by atoms with E-state index in [-0.39, 0.29) is 29.1 Å². The van der Waals surface area contributed by atoms with Gasteiger partial charge in [-0.1, -0.05) is 67.9 Å². The van der Waals surface area contributed by atoms with Gasteiger partial charge in [0.1, 0.15) is 24.4 Å². The molecule has 3 aromatic rings. The van der Waals surface area contributed by atoms with Crippen molar-refractivity contribution in [3.63, 3.8) is 0 Å². The van der Waals surface area contributed by atoms with Crippen molar-refractivity contribution in [2.75, 3.05) is 13.7 Å². The molecule has 17 heteroatoms. The van der Waals surface area contributed by atoms with Crippen LogP contribution in [-0.2, 0) is 32.1 Å². The lowest BCUT2D eigenvalue weighted by molar-refractivity contribution is -0.165. The summed E-state index contributed by atoms with van der Waals surface area (Å²) in [5, 5.41) is 8.48.